The van der Waals surface area contributed by atoms with E-state index < -0.39 is 16.8 Å². The van der Waals surface area contributed by atoms with E-state index >= 15 is 0 Å². The molecule has 0 amide bonds. The summed E-state index contributed by atoms with van der Waals surface area (Å²) >= 11 is 0. The third-order valence-corrected chi connectivity index (χ3v) is 3.59. The van der Waals surface area contributed by atoms with Gasteiger partial charge in [-0.3, -0.25) is 10.1 Å². The molecule has 1 aromatic heterocycles. The third kappa shape index (κ3) is 4.10. The zero-order valence-corrected chi connectivity index (χ0v) is 13.5. The van der Waals surface area contributed by atoms with Crippen molar-refractivity contribution >= 4 is 23.1 Å². The fourth-order valence-corrected chi connectivity index (χ4v) is 2.16. The first-order valence-corrected chi connectivity index (χ1v) is 7.58. The predicted octanol–water partition coefficient (Wildman–Crippen LogP) is 3.73. The van der Waals surface area contributed by atoms with E-state index in [0.717, 1.165) is 18.9 Å². The number of methoxy groups -OCH3 is 1. The van der Waals surface area contributed by atoms with Crippen molar-refractivity contribution in [2.75, 3.05) is 17.7 Å². The normalized spacial score (nSPS) is 14.0. The molecule has 1 aliphatic carbocycles. The van der Waals surface area contributed by atoms with Gasteiger partial charge in [0.2, 0.25) is 5.95 Å². The maximum absolute atomic E-state index is 13.1. The van der Waals surface area contributed by atoms with Gasteiger partial charge in [-0.15, -0.1) is 0 Å². The molecule has 0 unspecified atom stereocenters. The van der Waals surface area contributed by atoms with Crippen LogP contribution in [0.1, 0.15) is 18.5 Å². The minimum absolute atomic E-state index is 0.0139. The van der Waals surface area contributed by atoms with E-state index in [0.29, 0.717) is 6.07 Å². The van der Waals surface area contributed by atoms with Crippen LogP contribution in [-0.4, -0.2) is 28.0 Å². The Hall–Kier alpha value is -3.11. The number of ether oxygens (including phenoxy) is 1. The topological polar surface area (TPSA) is 102 Å². The Bertz CT molecular complexity index is 840. The van der Waals surface area contributed by atoms with Crippen molar-refractivity contribution in [3.8, 4) is 5.75 Å². The predicted molar refractivity (Wildman–Crippen MR) is 86.6 cm³/mol. The van der Waals surface area contributed by atoms with Gasteiger partial charge in [-0.1, -0.05) is 0 Å². The van der Waals surface area contributed by atoms with E-state index in [-0.39, 0.29) is 34.9 Å². The van der Waals surface area contributed by atoms with E-state index in [2.05, 4.69) is 20.6 Å². The molecule has 2 N–H and O–H groups in total. The fraction of sp³-hybridized carbons (Fsp3) is 0.333. The van der Waals surface area contributed by atoms with Gasteiger partial charge in [0.15, 0.2) is 5.69 Å². The van der Waals surface area contributed by atoms with Crippen LogP contribution in [0.4, 0.5) is 36.3 Å². The number of nitro benzene ring substituents is 1. The summed E-state index contributed by atoms with van der Waals surface area (Å²) in [7, 11) is 1.35. The number of nitro groups is 1. The van der Waals surface area contributed by atoms with Crippen molar-refractivity contribution in [2.45, 2.75) is 25.1 Å². The van der Waals surface area contributed by atoms with Crippen LogP contribution in [0.3, 0.4) is 0 Å². The standard InChI is InChI=1S/C15H14F3N5O3/c1-26-9-4-5-10(11(6-9)23(24)25)20-13-7-12(15(16,17)18)21-14(22-13)19-8-2-3-8/h4-8H,2-3H2,1H3,(H2,19,20,21,22). The minimum Gasteiger partial charge on any atom is -0.496 e. The summed E-state index contributed by atoms with van der Waals surface area (Å²) in [5.41, 5.74) is -1.51. The summed E-state index contributed by atoms with van der Waals surface area (Å²) in [5, 5.41) is 16.6. The second-order valence-electron chi connectivity index (χ2n) is 5.64. The van der Waals surface area contributed by atoms with Gasteiger partial charge in [-0.05, 0) is 25.0 Å². The Labute approximate surface area is 145 Å². The SMILES string of the molecule is COc1ccc(Nc2cc(C(F)(F)F)nc(NC3CC3)n2)c([N+](=O)[O-])c1. The Morgan fingerprint density at radius 3 is 2.58 bits per heavy atom. The highest BCUT2D eigenvalue weighted by Crippen LogP contribution is 2.34. The van der Waals surface area contributed by atoms with Gasteiger partial charge in [-0.2, -0.15) is 18.2 Å². The molecular weight excluding hydrogens is 355 g/mol. The Morgan fingerprint density at radius 1 is 1.27 bits per heavy atom. The molecule has 0 aliphatic heterocycles. The monoisotopic (exact) mass is 369 g/mol. The quantitative estimate of drug-likeness (QED) is 0.591. The second kappa shape index (κ2) is 6.65. The molecule has 8 nitrogen and oxygen atoms in total. The number of benzene rings is 1. The largest absolute Gasteiger partial charge is 0.496 e. The van der Waals surface area contributed by atoms with Crippen LogP contribution in [-0.2, 0) is 6.18 Å². The summed E-state index contributed by atoms with van der Waals surface area (Å²) in [6.07, 6.45) is -3.02. The van der Waals surface area contributed by atoms with E-state index in [1.54, 1.807) is 0 Å². The molecule has 26 heavy (non-hydrogen) atoms. The molecule has 0 atom stereocenters. The van der Waals surface area contributed by atoms with Crippen LogP contribution < -0.4 is 15.4 Å². The molecule has 138 valence electrons. The molecule has 11 heteroatoms. The van der Waals surface area contributed by atoms with E-state index in [1.165, 1.54) is 19.2 Å². The number of aromatic nitrogens is 2. The Morgan fingerprint density at radius 2 is 2.00 bits per heavy atom. The zero-order valence-electron chi connectivity index (χ0n) is 13.5. The fourth-order valence-electron chi connectivity index (χ4n) is 2.16. The molecule has 0 bridgehead atoms. The summed E-state index contributed by atoms with van der Waals surface area (Å²) < 4.78 is 44.2. The first-order valence-electron chi connectivity index (χ1n) is 7.58. The molecule has 0 spiro atoms. The highest BCUT2D eigenvalue weighted by Gasteiger charge is 2.34. The van der Waals surface area contributed by atoms with E-state index in [1.807, 2.05) is 0 Å². The number of rotatable bonds is 6. The lowest BCUT2D eigenvalue weighted by Crippen LogP contribution is -2.14. The van der Waals surface area contributed by atoms with Crippen LogP contribution in [0.2, 0.25) is 0 Å². The van der Waals surface area contributed by atoms with Crippen molar-refractivity contribution in [3.05, 3.63) is 40.1 Å². The van der Waals surface area contributed by atoms with Crippen molar-refractivity contribution < 1.29 is 22.8 Å². The molecule has 1 aromatic carbocycles. The number of nitrogens with one attached hydrogen (secondary N) is 2. The maximum Gasteiger partial charge on any atom is 0.433 e. The van der Waals surface area contributed by atoms with Gasteiger partial charge in [0.05, 0.1) is 18.1 Å². The molecule has 3 rings (SSSR count). The average molecular weight is 369 g/mol. The van der Waals surface area contributed by atoms with Crippen molar-refractivity contribution in [1.29, 1.82) is 0 Å². The number of alkyl halides is 3. The van der Waals surface area contributed by atoms with Gasteiger partial charge in [0.25, 0.3) is 5.69 Å². The van der Waals surface area contributed by atoms with Crippen molar-refractivity contribution in [1.82, 2.24) is 9.97 Å². The molecule has 1 fully saturated rings. The van der Waals surface area contributed by atoms with Crippen LogP contribution in [0.25, 0.3) is 0 Å². The number of halogens is 3. The molecule has 2 aromatic rings. The minimum atomic E-state index is -4.68. The highest BCUT2D eigenvalue weighted by atomic mass is 19.4. The van der Waals surface area contributed by atoms with Crippen LogP contribution in [0.5, 0.6) is 5.75 Å². The highest BCUT2D eigenvalue weighted by molar-refractivity contribution is 5.70. The number of hydrogen-bond acceptors (Lipinski definition) is 7. The summed E-state index contributed by atoms with van der Waals surface area (Å²) in [6.45, 7) is 0. The molecule has 1 aliphatic rings. The number of nitrogens with zero attached hydrogens (tertiary/aromatic N) is 3. The molecule has 1 heterocycles. The average Bonchev–Trinajstić information content (AvgIpc) is 3.38. The molecule has 0 saturated heterocycles. The van der Waals surface area contributed by atoms with Gasteiger partial charge >= 0.3 is 6.18 Å². The molecule has 0 radical (unpaired) electrons. The zero-order chi connectivity index (χ0) is 18.9. The van der Waals surface area contributed by atoms with Crippen molar-refractivity contribution in [3.63, 3.8) is 0 Å². The maximum atomic E-state index is 13.1. The van der Waals surface area contributed by atoms with Crippen LogP contribution in [0.15, 0.2) is 24.3 Å². The summed E-state index contributed by atoms with van der Waals surface area (Å²) in [5.74, 6) is -0.137. The summed E-state index contributed by atoms with van der Waals surface area (Å²) in [6, 6.07) is 4.69. The first kappa shape index (κ1) is 17.7. The Kier molecular flexibility index (Phi) is 4.53. The van der Waals surface area contributed by atoms with Crippen LogP contribution >= 0.6 is 0 Å². The number of anilines is 3. The van der Waals surface area contributed by atoms with Gasteiger partial charge in [0, 0.05) is 12.1 Å². The van der Waals surface area contributed by atoms with E-state index in [9.17, 15) is 23.3 Å². The lowest BCUT2D eigenvalue weighted by Gasteiger charge is -2.13. The Balaban J connectivity index is 1.97. The van der Waals surface area contributed by atoms with Crippen LogP contribution in [0, 0.1) is 10.1 Å². The lowest BCUT2D eigenvalue weighted by atomic mass is 10.2. The smallest absolute Gasteiger partial charge is 0.433 e. The third-order valence-electron chi connectivity index (χ3n) is 3.59. The molecular formula is C15H14F3N5O3. The number of hydrogen-bond donors (Lipinski definition) is 2. The summed E-state index contributed by atoms with van der Waals surface area (Å²) in [4.78, 5) is 18.0. The first-order chi connectivity index (χ1) is 12.3. The van der Waals surface area contributed by atoms with E-state index in [4.69, 9.17) is 4.74 Å². The van der Waals surface area contributed by atoms with Crippen molar-refractivity contribution in [2.24, 2.45) is 0 Å². The van der Waals surface area contributed by atoms with Gasteiger partial charge in [0.1, 0.15) is 17.3 Å². The second-order valence-corrected chi connectivity index (χ2v) is 5.64. The van der Waals surface area contributed by atoms with Gasteiger partial charge in [-0.25, -0.2) is 4.98 Å². The van der Waals surface area contributed by atoms with Gasteiger partial charge < -0.3 is 15.4 Å². The molecule has 1 saturated carbocycles. The lowest BCUT2D eigenvalue weighted by molar-refractivity contribution is -0.384.